The fourth-order valence-corrected chi connectivity index (χ4v) is 3.26. The van der Waals surface area contributed by atoms with Crippen molar-refractivity contribution in [3.8, 4) is 5.75 Å². The van der Waals surface area contributed by atoms with Crippen molar-refractivity contribution in [3.63, 3.8) is 0 Å². The molecule has 0 saturated heterocycles. The van der Waals surface area contributed by atoms with E-state index in [0.29, 0.717) is 35.5 Å². The molecule has 0 spiro atoms. The normalized spacial score (nSPS) is 12.5. The van der Waals surface area contributed by atoms with Crippen molar-refractivity contribution in [2.75, 3.05) is 25.0 Å². The van der Waals surface area contributed by atoms with Crippen molar-refractivity contribution in [1.82, 2.24) is 10.2 Å². The summed E-state index contributed by atoms with van der Waals surface area (Å²) in [6, 6.07) is 11.9. The first-order chi connectivity index (χ1) is 14.9. The predicted molar refractivity (Wildman–Crippen MR) is 115 cm³/mol. The standard InChI is InChI=1S/C23H25N3O5/c1-3-24-21(28)14-31-17-9-7-16(8-10-17)25-20(27)5-4-12-26-22(29)18-11-6-15(2)13-19(18)23(26)30/h6-11,13H,3-5,12,14H2,1-2H3,(H,24,28)(H,25,27). The Hall–Kier alpha value is -3.68. The van der Waals surface area contributed by atoms with E-state index >= 15 is 0 Å². The van der Waals surface area contributed by atoms with Crippen molar-refractivity contribution >= 4 is 29.3 Å². The van der Waals surface area contributed by atoms with Crippen molar-refractivity contribution in [1.29, 1.82) is 0 Å². The molecular formula is C23H25N3O5. The van der Waals surface area contributed by atoms with Gasteiger partial charge in [-0.1, -0.05) is 11.6 Å². The highest BCUT2D eigenvalue weighted by Crippen LogP contribution is 2.24. The molecule has 4 amide bonds. The lowest BCUT2D eigenvalue weighted by atomic mass is 10.1. The summed E-state index contributed by atoms with van der Waals surface area (Å²) in [6.45, 7) is 4.35. The third-order valence-electron chi connectivity index (χ3n) is 4.79. The van der Waals surface area contributed by atoms with Gasteiger partial charge in [0.2, 0.25) is 5.91 Å². The van der Waals surface area contributed by atoms with Gasteiger partial charge in [0.25, 0.3) is 17.7 Å². The molecule has 8 nitrogen and oxygen atoms in total. The highest BCUT2D eigenvalue weighted by molar-refractivity contribution is 6.21. The number of benzene rings is 2. The van der Waals surface area contributed by atoms with E-state index in [4.69, 9.17) is 4.74 Å². The largest absolute Gasteiger partial charge is 0.484 e. The summed E-state index contributed by atoms with van der Waals surface area (Å²) in [4.78, 5) is 49.7. The van der Waals surface area contributed by atoms with E-state index in [1.54, 1.807) is 42.5 Å². The summed E-state index contributed by atoms with van der Waals surface area (Å²) < 4.78 is 5.36. The first kappa shape index (κ1) is 22.0. The minimum atomic E-state index is -0.316. The van der Waals surface area contributed by atoms with Gasteiger partial charge in [0.1, 0.15) is 5.75 Å². The van der Waals surface area contributed by atoms with Crippen LogP contribution in [0, 0.1) is 6.92 Å². The van der Waals surface area contributed by atoms with Crippen LogP contribution >= 0.6 is 0 Å². The van der Waals surface area contributed by atoms with Crippen LogP contribution < -0.4 is 15.4 Å². The summed E-state index contributed by atoms with van der Waals surface area (Å²) in [7, 11) is 0. The topological polar surface area (TPSA) is 105 Å². The van der Waals surface area contributed by atoms with E-state index in [-0.39, 0.29) is 43.2 Å². The Morgan fingerprint density at radius 1 is 0.968 bits per heavy atom. The SMILES string of the molecule is CCNC(=O)COc1ccc(NC(=O)CCCN2C(=O)c3ccc(C)cc3C2=O)cc1. The minimum Gasteiger partial charge on any atom is -0.484 e. The van der Waals surface area contributed by atoms with E-state index < -0.39 is 0 Å². The van der Waals surface area contributed by atoms with E-state index in [0.717, 1.165) is 5.56 Å². The van der Waals surface area contributed by atoms with Crippen LogP contribution in [-0.2, 0) is 9.59 Å². The number of rotatable bonds is 9. The first-order valence-electron chi connectivity index (χ1n) is 10.1. The monoisotopic (exact) mass is 423 g/mol. The predicted octanol–water partition coefficient (Wildman–Crippen LogP) is 2.52. The molecule has 2 N–H and O–H groups in total. The lowest BCUT2D eigenvalue weighted by Crippen LogP contribution is -2.31. The molecule has 0 unspecified atom stereocenters. The van der Waals surface area contributed by atoms with Gasteiger partial charge in [-0.25, -0.2) is 0 Å². The Balaban J connectivity index is 1.44. The number of likely N-dealkylation sites (N-methyl/N-ethyl adjacent to an activating group) is 1. The maximum atomic E-state index is 12.5. The van der Waals surface area contributed by atoms with Crippen LogP contribution in [0.15, 0.2) is 42.5 Å². The third-order valence-corrected chi connectivity index (χ3v) is 4.79. The van der Waals surface area contributed by atoms with Crippen molar-refractivity contribution in [2.45, 2.75) is 26.7 Å². The van der Waals surface area contributed by atoms with E-state index in [9.17, 15) is 19.2 Å². The number of imide groups is 1. The second-order valence-corrected chi connectivity index (χ2v) is 7.23. The third kappa shape index (κ3) is 5.48. The molecule has 1 aliphatic rings. The number of amides is 4. The number of aryl methyl sites for hydroxylation is 1. The maximum absolute atomic E-state index is 12.5. The number of carbonyl (C=O) groups excluding carboxylic acids is 4. The summed E-state index contributed by atoms with van der Waals surface area (Å²) >= 11 is 0. The van der Waals surface area contributed by atoms with Crippen LogP contribution in [-0.4, -0.2) is 48.2 Å². The highest BCUT2D eigenvalue weighted by Gasteiger charge is 2.34. The molecule has 0 aromatic heterocycles. The van der Waals surface area contributed by atoms with Crippen LogP contribution in [0.1, 0.15) is 46.0 Å². The molecule has 1 aliphatic heterocycles. The number of nitrogens with one attached hydrogen (secondary N) is 2. The van der Waals surface area contributed by atoms with Gasteiger partial charge in [-0.2, -0.15) is 0 Å². The number of nitrogens with zero attached hydrogens (tertiary/aromatic N) is 1. The zero-order valence-electron chi connectivity index (χ0n) is 17.6. The summed E-state index contributed by atoms with van der Waals surface area (Å²) in [5, 5.41) is 5.40. The van der Waals surface area contributed by atoms with Crippen molar-refractivity contribution in [2.24, 2.45) is 0 Å². The Morgan fingerprint density at radius 3 is 2.39 bits per heavy atom. The summed E-state index contributed by atoms with van der Waals surface area (Å²) in [6.07, 6.45) is 0.534. The molecule has 0 bridgehead atoms. The molecule has 0 radical (unpaired) electrons. The molecule has 0 fully saturated rings. The van der Waals surface area contributed by atoms with Gasteiger partial charge in [-0.05, 0) is 56.7 Å². The van der Waals surface area contributed by atoms with Gasteiger partial charge in [0.05, 0.1) is 11.1 Å². The molecule has 31 heavy (non-hydrogen) atoms. The van der Waals surface area contributed by atoms with Gasteiger partial charge >= 0.3 is 0 Å². The van der Waals surface area contributed by atoms with E-state index in [2.05, 4.69) is 10.6 Å². The van der Waals surface area contributed by atoms with Crippen LogP contribution in [0.4, 0.5) is 5.69 Å². The molecule has 3 rings (SSSR count). The molecule has 162 valence electrons. The van der Waals surface area contributed by atoms with Crippen LogP contribution in [0.2, 0.25) is 0 Å². The molecule has 0 aliphatic carbocycles. The molecular weight excluding hydrogens is 398 g/mol. The van der Waals surface area contributed by atoms with Gasteiger partial charge < -0.3 is 15.4 Å². The minimum absolute atomic E-state index is 0.0725. The number of carbonyl (C=O) groups is 4. The second kappa shape index (κ2) is 9.88. The molecule has 0 atom stereocenters. The Morgan fingerprint density at radius 2 is 1.68 bits per heavy atom. The van der Waals surface area contributed by atoms with Crippen LogP contribution in [0.5, 0.6) is 5.75 Å². The van der Waals surface area contributed by atoms with Gasteiger partial charge in [-0.15, -0.1) is 0 Å². The lowest BCUT2D eigenvalue weighted by Gasteiger charge is -2.13. The maximum Gasteiger partial charge on any atom is 0.261 e. The number of hydrogen-bond donors (Lipinski definition) is 2. The van der Waals surface area contributed by atoms with Crippen LogP contribution in [0.3, 0.4) is 0 Å². The molecule has 0 saturated carbocycles. The van der Waals surface area contributed by atoms with Crippen molar-refractivity contribution in [3.05, 3.63) is 59.2 Å². The first-order valence-corrected chi connectivity index (χ1v) is 10.1. The highest BCUT2D eigenvalue weighted by atomic mass is 16.5. The zero-order valence-corrected chi connectivity index (χ0v) is 17.6. The zero-order chi connectivity index (χ0) is 22.4. The fourth-order valence-electron chi connectivity index (χ4n) is 3.26. The number of anilines is 1. The van der Waals surface area contributed by atoms with Gasteiger partial charge in [-0.3, -0.25) is 24.1 Å². The lowest BCUT2D eigenvalue weighted by molar-refractivity contribution is -0.123. The quantitative estimate of drug-likeness (QED) is 0.603. The molecule has 2 aromatic carbocycles. The average Bonchev–Trinajstić information content (AvgIpc) is 2.97. The summed E-state index contributed by atoms with van der Waals surface area (Å²) in [5.74, 6) is -0.530. The smallest absolute Gasteiger partial charge is 0.261 e. The number of fused-ring (bicyclic) bond motifs is 1. The van der Waals surface area contributed by atoms with E-state index in [1.807, 2.05) is 13.8 Å². The Labute approximate surface area is 180 Å². The van der Waals surface area contributed by atoms with Crippen LogP contribution in [0.25, 0.3) is 0 Å². The average molecular weight is 423 g/mol. The number of hydrogen-bond acceptors (Lipinski definition) is 5. The molecule has 2 aromatic rings. The van der Waals surface area contributed by atoms with Gasteiger partial charge in [0.15, 0.2) is 6.61 Å². The van der Waals surface area contributed by atoms with Gasteiger partial charge in [0, 0.05) is 25.2 Å². The molecule has 1 heterocycles. The summed E-state index contributed by atoms with van der Waals surface area (Å²) in [5.41, 5.74) is 2.34. The Kier molecular flexibility index (Phi) is 7.02. The number of ether oxygens (including phenoxy) is 1. The van der Waals surface area contributed by atoms with E-state index in [1.165, 1.54) is 4.90 Å². The molecule has 8 heteroatoms. The second-order valence-electron chi connectivity index (χ2n) is 7.23. The fraction of sp³-hybridized carbons (Fsp3) is 0.304. The van der Waals surface area contributed by atoms with Crippen molar-refractivity contribution < 1.29 is 23.9 Å². The Bertz CT molecular complexity index is 1000.